The van der Waals surface area contributed by atoms with Crippen LogP contribution in [0.1, 0.15) is 21.5 Å². The third-order valence-electron chi connectivity index (χ3n) is 5.10. The van der Waals surface area contributed by atoms with Crippen molar-refractivity contribution in [2.45, 2.75) is 6.54 Å². The van der Waals surface area contributed by atoms with E-state index in [2.05, 4.69) is 0 Å². The molecule has 0 aliphatic heterocycles. The molecule has 4 rings (SSSR count). The van der Waals surface area contributed by atoms with Gasteiger partial charge in [0.1, 0.15) is 17.5 Å². The quantitative estimate of drug-likeness (QED) is 0.134. The average Bonchev–Trinajstić information content (AvgIpc) is 3.16. The Morgan fingerprint density at radius 1 is 1.09 bits per heavy atom. The van der Waals surface area contributed by atoms with Gasteiger partial charge in [0.25, 0.3) is 5.69 Å². The molecule has 0 aliphatic carbocycles. The SMILES string of the molecule is N#C/C(=C\c1cn(Cc2ccccc2F)c2ccccc12)C(=O)c1cccc([N+](=O)[O-])c1. The predicted molar refractivity (Wildman–Crippen MR) is 118 cm³/mol. The monoisotopic (exact) mass is 425 g/mol. The molecule has 3 aromatic carbocycles. The summed E-state index contributed by atoms with van der Waals surface area (Å²) < 4.78 is 16.0. The van der Waals surface area contributed by atoms with Crippen molar-refractivity contribution in [1.82, 2.24) is 4.57 Å². The highest BCUT2D eigenvalue weighted by atomic mass is 19.1. The van der Waals surface area contributed by atoms with E-state index in [0.717, 1.165) is 17.0 Å². The Bertz CT molecular complexity index is 1430. The zero-order valence-corrected chi connectivity index (χ0v) is 16.7. The second-order valence-corrected chi connectivity index (χ2v) is 7.13. The van der Waals surface area contributed by atoms with Gasteiger partial charge >= 0.3 is 0 Å². The molecule has 0 saturated heterocycles. The lowest BCUT2D eigenvalue weighted by atomic mass is 10.0. The van der Waals surface area contributed by atoms with Crippen LogP contribution in [0.3, 0.4) is 0 Å². The molecule has 0 atom stereocenters. The van der Waals surface area contributed by atoms with Crippen LogP contribution in [0.2, 0.25) is 0 Å². The summed E-state index contributed by atoms with van der Waals surface area (Å²) >= 11 is 0. The number of hydrogen-bond donors (Lipinski definition) is 0. The van der Waals surface area contributed by atoms with Gasteiger partial charge in [-0.3, -0.25) is 14.9 Å². The first kappa shape index (κ1) is 20.7. The standard InChI is InChI=1S/C25H16FN3O3/c26-23-10-3-1-6-18(23)15-28-16-20(22-9-2-4-11-24(22)28)12-19(14-27)25(30)17-7-5-8-21(13-17)29(31)32/h1-13,16H,15H2/b19-12+. The van der Waals surface area contributed by atoms with Crippen LogP contribution in [0.15, 0.2) is 84.6 Å². The number of carbonyl (C=O) groups is 1. The van der Waals surface area contributed by atoms with E-state index in [4.69, 9.17) is 0 Å². The predicted octanol–water partition coefficient (Wildman–Crippen LogP) is 5.53. The minimum Gasteiger partial charge on any atom is -0.342 e. The number of aromatic nitrogens is 1. The molecular weight excluding hydrogens is 409 g/mol. The Labute approximate surface area is 182 Å². The van der Waals surface area contributed by atoms with E-state index < -0.39 is 10.7 Å². The lowest BCUT2D eigenvalue weighted by Gasteiger charge is -2.06. The summed E-state index contributed by atoms with van der Waals surface area (Å²) in [6, 6.07) is 21.1. The van der Waals surface area contributed by atoms with E-state index in [-0.39, 0.29) is 29.2 Å². The van der Waals surface area contributed by atoms with Gasteiger partial charge in [-0.1, -0.05) is 48.5 Å². The summed E-state index contributed by atoms with van der Waals surface area (Å²) in [4.78, 5) is 23.3. The molecule has 0 radical (unpaired) electrons. The van der Waals surface area contributed by atoms with Crippen LogP contribution in [0, 0.1) is 27.3 Å². The molecule has 0 N–H and O–H groups in total. The molecule has 156 valence electrons. The number of allylic oxidation sites excluding steroid dienone is 1. The van der Waals surface area contributed by atoms with Gasteiger partial charge < -0.3 is 4.57 Å². The first-order valence-electron chi connectivity index (χ1n) is 9.70. The fourth-order valence-electron chi connectivity index (χ4n) is 3.55. The van der Waals surface area contributed by atoms with Crippen LogP contribution in [0.5, 0.6) is 0 Å². The Hall–Kier alpha value is -4.57. The molecule has 32 heavy (non-hydrogen) atoms. The van der Waals surface area contributed by atoms with Gasteiger partial charge in [0, 0.05) is 45.9 Å². The number of nitro groups is 1. The summed E-state index contributed by atoms with van der Waals surface area (Å²) in [6.07, 6.45) is 3.22. The Balaban J connectivity index is 1.76. The number of Topliss-reactive ketones (excluding diaryl/α,β-unsaturated/α-hetero) is 1. The lowest BCUT2D eigenvalue weighted by molar-refractivity contribution is -0.384. The number of fused-ring (bicyclic) bond motifs is 1. The maximum Gasteiger partial charge on any atom is 0.270 e. The summed E-state index contributed by atoms with van der Waals surface area (Å²) in [5.74, 6) is -0.928. The molecule has 0 bridgehead atoms. The summed E-state index contributed by atoms with van der Waals surface area (Å²) in [5, 5.41) is 21.4. The van der Waals surface area contributed by atoms with Gasteiger partial charge in [0.2, 0.25) is 5.78 Å². The summed E-state index contributed by atoms with van der Waals surface area (Å²) in [7, 11) is 0. The van der Waals surface area contributed by atoms with Gasteiger partial charge in [-0.2, -0.15) is 5.26 Å². The normalized spacial score (nSPS) is 11.3. The van der Waals surface area contributed by atoms with E-state index >= 15 is 0 Å². The highest BCUT2D eigenvalue weighted by Crippen LogP contribution is 2.26. The van der Waals surface area contributed by atoms with Crippen molar-refractivity contribution in [2.75, 3.05) is 0 Å². The molecule has 0 saturated carbocycles. The van der Waals surface area contributed by atoms with Crippen molar-refractivity contribution in [3.63, 3.8) is 0 Å². The molecule has 4 aromatic rings. The Morgan fingerprint density at radius 3 is 2.59 bits per heavy atom. The van der Waals surface area contributed by atoms with E-state index in [9.17, 15) is 24.6 Å². The molecule has 0 spiro atoms. The van der Waals surface area contributed by atoms with Crippen LogP contribution in [-0.4, -0.2) is 15.3 Å². The van der Waals surface area contributed by atoms with E-state index in [1.54, 1.807) is 24.4 Å². The van der Waals surface area contributed by atoms with Gasteiger partial charge in [0.15, 0.2) is 0 Å². The highest BCUT2D eigenvalue weighted by Gasteiger charge is 2.17. The van der Waals surface area contributed by atoms with Crippen LogP contribution in [0.25, 0.3) is 17.0 Å². The lowest BCUT2D eigenvalue weighted by Crippen LogP contribution is -2.03. The number of para-hydroxylation sites is 1. The molecule has 1 heterocycles. The number of ketones is 1. The largest absolute Gasteiger partial charge is 0.342 e. The number of hydrogen-bond acceptors (Lipinski definition) is 4. The summed E-state index contributed by atoms with van der Waals surface area (Å²) in [5.41, 5.74) is 1.63. The maximum absolute atomic E-state index is 14.2. The smallest absolute Gasteiger partial charge is 0.270 e. The Kier molecular flexibility index (Phi) is 5.60. The number of carbonyl (C=O) groups excluding carboxylic acids is 1. The van der Waals surface area contributed by atoms with Crippen molar-refractivity contribution in [1.29, 1.82) is 5.26 Å². The van der Waals surface area contributed by atoms with Crippen LogP contribution in [-0.2, 0) is 6.54 Å². The van der Waals surface area contributed by atoms with Crippen LogP contribution < -0.4 is 0 Å². The van der Waals surface area contributed by atoms with Crippen LogP contribution >= 0.6 is 0 Å². The minimum absolute atomic E-state index is 0.0575. The summed E-state index contributed by atoms with van der Waals surface area (Å²) in [6.45, 7) is 0.280. The number of rotatable bonds is 6. The molecule has 1 aromatic heterocycles. The van der Waals surface area contributed by atoms with Crippen LogP contribution in [0.4, 0.5) is 10.1 Å². The second-order valence-electron chi connectivity index (χ2n) is 7.13. The van der Waals surface area contributed by atoms with Gasteiger partial charge in [-0.25, -0.2) is 4.39 Å². The van der Waals surface area contributed by atoms with E-state index in [1.807, 2.05) is 34.9 Å². The Morgan fingerprint density at radius 2 is 1.84 bits per heavy atom. The molecule has 0 amide bonds. The first-order valence-corrected chi connectivity index (χ1v) is 9.70. The number of nitrogens with zero attached hydrogens (tertiary/aromatic N) is 3. The average molecular weight is 425 g/mol. The molecule has 7 heteroatoms. The van der Waals surface area contributed by atoms with Crippen molar-refractivity contribution in [3.8, 4) is 6.07 Å². The van der Waals surface area contributed by atoms with Crippen molar-refractivity contribution in [3.05, 3.63) is 117 Å². The van der Waals surface area contributed by atoms with Gasteiger partial charge in [0.05, 0.1) is 11.5 Å². The zero-order valence-electron chi connectivity index (χ0n) is 16.7. The highest BCUT2D eigenvalue weighted by molar-refractivity contribution is 6.15. The molecule has 0 unspecified atom stereocenters. The number of benzene rings is 3. The zero-order chi connectivity index (χ0) is 22.7. The number of non-ortho nitro benzene ring substituents is 1. The number of nitriles is 1. The van der Waals surface area contributed by atoms with Crippen molar-refractivity contribution < 1.29 is 14.1 Å². The molecule has 0 fully saturated rings. The minimum atomic E-state index is -0.609. The third-order valence-corrected chi connectivity index (χ3v) is 5.10. The van der Waals surface area contributed by atoms with Crippen molar-refractivity contribution in [2.24, 2.45) is 0 Å². The van der Waals surface area contributed by atoms with E-state index in [0.29, 0.717) is 11.1 Å². The van der Waals surface area contributed by atoms with E-state index in [1.165, 1.54) is 30.3 Å². The molecule has 0 aliphatic rings. The third kappa shape index (κ3) is 4.02. The topological polar surface area (TPSA) is 88.9 Å². The fourth-order valence-corrected chi connectivity index (χ4v) is 3.55. The number of halogens is 1. The maximum atomic E-state index is 14.2. The first-order chi connectivity index (χ1) is 15.5. The van der Waals surface area contributed by atoms with Gasteiger partial charge in [-0.15, -0.1) is 0 Å². The molecular formula is C25H16FN3O3. The van der Waals surface area contributed by atoms with Crippen molar-refractivity contribution >= 4 is 28.4 Å². The second kappa shape index (κ2) is 8.66. The van der Waals surface area contributed by atoms with Gasteiger partial charge in [-0.05, 0) is 18.2 Å². The molecule has 6 nitrogen and oxygen atoms in total. The number of nitro benzene ring substituents is 1. The fraction of sp³-hybridized carbons (Fsp3) is 0.0400.